The van der Waals surface area contributed by atoms with Crippen LogP contribution in [0.3, 0.4) is 0 Å². The van der Waals surface area contributed by atoms with Crippen LogP contribution in [0.2, 0.25) is 0 Å². The molecule has 0 bridgehead atoms. The summed E-state index contributed by atoms with van der Waals surface area (Å²) in [6.07, 6.45) is 0. The molecular weight excluding hydrogens is 437 g/mol. The van der Waals surface area contributed by atoms with Gasteiger partial charge in [-0.15, -0.1) is 0 Å². The Morgan fingerprint density at radius 1 is 1.22 bits per heavy atom. The molecule has 168 valence electrons. The number of pyridine rings is 1. The van der Waals surface area contributed by atoms with Crippen LogP contribution in [0, 0.1) is 12.7 Å². The molecular formula is C22H22FN3O5S. The molecule has 4 rings (SSSR count). The van der Waals surface area contributed by atoms with Gasteiger partial charge in [-0.3, -0.25) is 4.98 Å². The van der Waals surface area contributed by atoms with E-state index in [1.54, 1.807) is 19.1 Å². The minimum atomic E-state index is -3.95. The third-order valence-electron chi connectivity index (χ3n) is 5.29. The molecule has 2 aromatic carbocycles. The lowest BCUT2D eigenvalue weighted by atomic mass is 9.94. The molecule has 0 spiro atoms. The number of nitrogens with one attached hydrogen (secondary N) is 2. The van der Waals surface area contributed by atoms with Crippen molar-refractivity contribution in [3.8, 4) is 5.75 Å². The molecule has 32 heavy (non-hydrogen) atoms. The standard InChI is InChI=1S/C22H22FN3O5S/c1-14-10-15(18-4-3-5-19(23)20(18)25-14)11-31-16-6-8-17(9-7-16)32(28,29)26-22(12-24-13-22)21(27)30-2/h3-10,24,26H,11-13H2,1-2H3. The van der Waals surface area contributed by atoms with E-state index in [2.05, 4.69) is 15.0 Å². The smallest absolute Gasteiger partial charge is 0.329 e. The average Bonchev–Trinajstić information content (AvgIpc) is 2.75. The number of halogens is 1. The summed E-state index contributed by atoms with van der Waals surface area (Å²) in [4.78, 5) is 16.2. The zero-order valence-electron chi connectivity index (χ0n) is 17.5. The Hall–Kier alpha value is -3.08. The molecule has 10 heteroatoms. The molecule has 1 aromatic heterocycles. The monoisotopic (exact) mass is 459 g/mol. The maximum absolute atomic E-state index is 14.1. The van der Waals surface area contributed by atoms with Crippen molar-refractivity contribution < 1.29 is 27.1 Å². The maximum atomic E-state index is 14.1. The summed E-state index contributed by atoms with van der Waals surface area (Å²) in [5, 5.41) is 3.53. The summed E-state index contributed by atoms with van der Waals surface area (Å²) >= 11 is 0. The Balaban J connectivity index is 1.50. The summed E-state index contributed by atoms with van der Waals surface area (Å²) in [7, 11) is -2.74. The number of para-hydroxylation sites is 1. The molecule has 1 fully saturated rings. The number of esters is 1. The van der Waals surface area contributed by atoms with Gasteiger partial charge in [0.1, 0.15) is 23.7 Å². The number of hydrogen-bond donors (Lipinski definition) is 2. The number of sulfonamides is 1. The van der Waals surface area contributed by atoms with E-state index in [1.807, 2.05) is 6.07 Å². The Morgan fingerprint density at radius 2 is 1.94 bits per heavy atom. The fourth-order valence-electron chi connectivity index (χ4n) is 3.57. The highest BCUT2D eigenvalue weighted by Gasteiger charge is 2.48. The normalized spacial score (nSPS) is 15.2. The average molecular weight is 459 g/mol. The van der Waals surface area contributed by atoms with Crippen molar-refractivity contribution in [1.29, 1.82) is 0 Å². The van der Waals surface area contributed by atoms with E-state index in [9.17, 15) is 17.6 Å². The molecule has 0 unspecified atom stereocenters. The number of fused-ring (bicyclic) bond motifs is 1. The van der Waals surface area contributed by atoms with Crippen LogP contribution in [0.1, 0.15) is 11.3 Å². The molecule has 1 aliphatic rings. The first kappa shape index (κ1) is 22.1. The number of carbonyl (C=O) groups is 1. The highest BCUT2D eigenvalue weighted by Crippen LogP contribution is 2.24. The number of ether oxygens (including phenoxy) is 2. The summed E-state index contributed by atoms with van der Waals surface area (Å²) < 4.78 is 52.5. The van der Waals surface area contributed by atoms with Gasteiger partial charge in [0.15, 0.2) is 5.54 Å². The lowest BCUT2D eigenvalue weighted by Crippen LogP contribution is -2.73. The SMILES string of the molecule is COC(=O)C1(NS(=O)(=O)c2ccc(OCc3cc(C)nc4c(F)cccc34)cc2)CNC1. The van der Waals surface area contributed by atoms with Crippen molar-refractivity contribution >= 4 is 26.9 Å². The Bertz CT molecular complexity index is 1270. The van der Waals surface area contributed by atoms with Gasteiger partial charge in [0, 0.05) is 29.7 Å². The van der Waals surface area contributed by atoms with E-state index in [0.29, 0.717) is 16.8 Å². The lowest BCUT2D eigenvalue weighted by Gasteiger charge is -2.39. The lowest BCUT2D eigenvalue weighted by molar-refractivity contribution is -0.149. The van der Waals surface area contributed by atoms with E-state index < -0.39 is 27.3 Å². The van der Waals surface area contributed by atoms with Crippen molar-refractivity contribution in [3.05, 3.63) is 65.6 Å². The molecule has 8 nitrogen and oxygen atoms in total. The second-order valence-electron chi connectivity index (χ2n) is 7.60. The van der Waals surface area contributed by atoms with Crippen LogP contribution in [0.4, 0.5) is 4.39 Å². The van der Waals surface area contributed by atoms with Crippen LogP contribution >= 0.6 is 0 Å². The number of hydrogen-bond acceptors (Lipinski definition) is 7. The molecule has 0 aliphatic carbocycles. The van der Waals surface area contributed by atoms with Crippen LogP contribution in [0.15, 0.2) is 53.4 Å². The summed E-state index contributed by atoms with van der Waals surface area (Å²) in [5.74, 6) is -0.604. The minimum absolute atomic E-state index is 0.00713. The van der Waals surface area contributed by atoms with Crippen molar-refractivity contribution in [2.24, 2.45) is 0 Å². The molecule has 2 heterocycles. The second-order valence-corrected chi connectivity index (χ2v) is 9.28. The molecule has 1 aliphatic heterocycles. The highest BCUT2D eigenvalue weighted by atomic mass is 32.2. The first-order chi connectivity index (χ1) is 15.2. The number of nitrogens with zero attached hydrogens (tertiary/aromatic N) is 1. The van der Waals surface area contributed by atoms with Gasteiger partial charge in [-0.2, -0.15) is 4.72 Å². The predicted octanol–water partition coefficient (Wildman–Crippen LogP) is 2.05. The summed E-state index contributed by atoms with van der Waals surface area (Å²) in [5.41, 5.74) is 0.406. The Kier molecular flexibility index (Phi) is 5.85. The minimum Gasteiger partial charge on any atom is -0.489 e. The number of methoxy groups -OCH3 is 1. The summed E-state index contributed by atoms with van der Waals surface area (Å²) in [6, 6.07) is 12.4. The van der Waals surface area contributed by atoms with E-state index in [-0.39, 0.29) is 30.1 Å². The van der Waals surface area contributed by atoms with Crippen LogP contribution in [-0.4, -0.2) is 45.1 Å². The summed E-state index contributed by atoms with van der Waals surface area (Å²) in [6.45, 7) is 2.24. The van der Waals surface area contributed by atoms with Gasteiger partial charge in [0.2, 0.25) is 10.0 Å². The topological polar surface area (TPSA) is 107 Å². The number of carbonyl (C=O) groups excluding carboxylic acids is 1. The zero-order chi connectivity index (χ0) is 22.9. The van der Waals surface area contributed by atoms with Crippen molar-refractivity contribution in [3.63, 3.8) is 0 Å². The first-order valence-corrected chi connectivity index (χ1v) is 11.3. The van der Waals surface area contributed by atoms with Gasteiger partial charge in [-0.25, -0.2) is 17.6 Å². The van der Waals surface area contributed by atoms with Gasteiger partial charge in [0.25, 0.3) is 0 Å². The molecule has 1 saturated heterocycles. The van der Waals surface area contributed by atoms with Gasteiger partial charge in [0.05, 0.1) is 12.0 Å². The van der Waals surface area contributed by atoms with Gasteiger partial charge >= 0.3 is 5.97 Å². The van der Waals surface area contributed by atoms with Crippen LogP contribution in [0.5, 0.6) is 5.75 Å². The van der Waals surface area contributed by atoms with Crippen LogP contribution in [-0.2, 0) is 26.2 Å². The first-order valence-electron chi connectivity index (χ1n) is 9.85. The van der Waals surface area contributed by atoms with Crippen molar-refractivity contribution in [2.45, 2.75) is 24.0 Å². The van der Waals surface area contributed by atoms with Crippen LogP contribution in [0.25, 0.3) is 10.9 Å². The largest absolute Gasteiger partial charge is 0.489 e. The molecule has 2 N–H and O–H groups in total. The van der Waals surface area contributed by atoms with E-state index in [0.717, 1.165) is 5.56 Å². The van der Waals surface area contributed by atoms with Crippen LogP contribution < -0.4 is 14.8 Å². The van der Waals surface area contributed by atoms with E-state index >= 15 is 0 Å². The maximum Gasteiger partial charge on any atom is 0.329 e. The Morgan fingerprint density at radius 3 is 2.56 bits per heavy atom. The molecule has 3 aromatic rings. The molecule has 0 saturated carbocycles. The number of aryl methyl sites for hydroxylation is 1. The predicted molar refractivity (Wildman–Crippen MR) is 115 cm³/mol. The van der Waals surface area contributed by atoms with E-state index in [4.69, 9.17) is 9.47 Å². The number of benzene rings is 2. The second kappa shape index (κ2) is 8.45. The molecule has 0 radical (unpaired) electrons. The quantitative estimate of drug-likeness (QED) is 0.521. The van der Waals surface area contributed by atoms with Crippen molar-refractivity contribution in [2.75, 3.05) is 20.2 Å². The van der Waals surface area contributed by atoms with E-state index in [1.165, 1.54) is 37.4 Å². The van der Waals surface area contributed by atoms with Gasteiger partial charge in [-0.1, -0.05) is 12.1 Å². The number of aromatic nitrogens is 1. The molecule has 0 amide bonds. The fraction of sp³-hybridized carbons (Fsp3) is 0.273. The molecule has 0 atom stereocenters. The van der Waals surface area contributed by atoms with Gasteiger partial charge in [-0.05, 0) is 43.3 Å². The fourth-order valence-corrected chi connectivity index (χ4v) is 4.92. The highest BCUT2D eigenvalue weighted by molar-refractivity contribution is 7.89. The zero-order valence-corrected chi connectivity index (χ0v) is 18.3. The third-order valence-corrected chi connectivity index (χ3v) is 6.84. The van der Waals surface area contributed by atoms with Crippen molar-refractivity contribution in [1.82, 2.24) is 15.0 Å². The number of rotatable bonds is 7. The van der Waals surface area contributed by atoms with Gasteiger partial charge < -0.3 is 14.8 Å². The third kappa shape index (κ3) is 4.16. The Labute approximate surface area is 184 Å².